The average Bonchev–Trinajstić information content (AvgIpc) is 2.62. The first-order valence-corrected chi connectivity index (χ1v) is 11.0. The monoisotopic (exact) mass is 424 g/mol. The van der Waals surface area contributed by atoms with Crippen molar-refractivity contribution in [2.45, 2.75) is 33.2 Å². The molecule has 8 heteroatoms. The van der Waals surface area contributed by atoms with Gasteiger partial charge in [0.05, 0.1) is 19.1 Å². The summed E-state index contributed by atoms with van der Waals surface area (Å²) in [4.78, 5) is 13.0. The van der Waals surface area contributed by atoms with Gasteiger partial charge >= 0.3 is 0 Å². The maximum atomic E-state index is 13.0. The van der Waals surface area contributed by atoms with Gasteiger partial charge in [-0.2, -0.15) is 0 Å². The number of methoxy groups -OCH3 is 1. The van der Waals surface area contributed by atoms with Crippen LogP contribution in [0.25, 0.3) is 0 Å². The number of sulfonamides is 1. The van der Waals surface area contributed by atoms with E-state index < -0.39 is 22.0 Å². The maximum Gasteiger partial charge on any atom is 0.248 e. The van der Waals surface area contributed by atoms with E-state index in [-0.39, 0.29) is 5.69 Å². The summed E-state index contributed by atoms with van der Waals surface area (Å²) in [7, 11) is -2.37. The van der Waals surface area contributed by atoms with Gasteiger partial charge in [-0.25, -0.2) is 8.42 Å². The summed E-state index contributed by atoms with van der Waals surface area (Å²) in [5.41, 5.74) is 2.80. The number of carbonyl (C=O) groups is 1. The van der Waals surface area contributed by atoms with Crippen LogP contribution in [0.1, 0.15) is 25.0 Å². The van der Waals surface area contributed by atoms with Crippen molar-refractivity contribution in [2.75, 3.05) is 23.0 Å². The average molecular weight is 425 g/mol. The molecule has 6 nitrogen and oxygen atoms in total. The lowest BCUT2D eigenvalue weighted by Gasteiger charge is -2.30. The van der Waals surface area contributed by atoms with Gasteiger partial charge in [0.1, 0.15) is 11.8 Å². The molecule has 2 rings (SSSR count). The molecule has 0 saturated heterocycles. The number of hydrogen-bond acceptors (Lipinski definition) is 4. The molecule has 152 valence electrons. The molecule has 28 heavy (non-hydrogen) atoms. The maximum absolute atomic E-state index is 13.0. The smallest absolute Gasteiger partial charge is 0.248 e. The number of carbonyl (C=O) groups excluding carboxylic acids is 1. The van der Waals surface area contributed by atoms with Gasteiger partial charge in [-0.1, -0.05) is 36.7 Å². The molecular weight excluding hydrogens is 400 g/mol. The van der Waals surface area contributed by atoms with Crippen LogP contribution in [0.5, 0.6) is 5.75 Å². The summed E-state index contributed by atoms with van der Waals surface area (Å²) in [6, 6.07) is 9.36. The van der Waals surface area contributed by atoms with Crippen LogP contribution in [-0.2, 0) is 21.2 Å². The Labute approximate surface area is 171 Å². The van der Waals surface area contributed by atoms with Gasteiger partial charge in [0.15, 0.2) is 0 Å². The summed E-state index contributed by atoms with van der Waals surface area (Å²) in [5.74, 6) is -0.143. The van der Waals surface area contributed by atoms with Crippen LogP contribution in [0.2, 0.25) is 5.02 Å². The summed E-state index contributed by atoms with van der Waals surface area (Å²) in [6.45, 7) is 5.42. The van der Waals surface area contributed by atoms with Crippen LogP contribution in [0.15, 0.2) is 36.4 Å². The number of nitrogens with zero attached hydrogens (tertiary/aromatic N) is 1. The van der Waals surface area contributed by atoms with Crippen LogP contribution in [-0.4, -0.2) is 33.7 Å². The quantitative estimate of drug-likeness (QED) is 0.728. The lowest BCUT2D eigenvalue weighted by Crippen LogP contribution is -2.45. The minimum absolute atomic E-state index is 0.209. The van der Waals surface area contributed by atoms with Crippen molar-refractivity contribution >= 4 is 38.9 Å². The van der Waals surface area contributed by atoms with E-state index in [9.17, 15) is 13.2 Å². The van der Waals surface area contributed by atoms with Gasteiger partial charge in [-0.05, 0) is 49.6 Å². The molecule has 0 radical (unpaired) electrons. The fraction of sp³-hybridized carbons (Fsp3) is 0.350. The van der Waals surface area contributed by atoms with Crippen molar-refractivity contribution in [3.63, 3.8) is 0 Å². The molecule has 1 N–H and O–H groups in total. The third-order valence-electron chi connectivity index (χ3n) is 4.46. The van der Waals surface area contributed by atoms with Crippen LogP contribution in [0.4, 0.5) is 11.4 Å². The lowest BCUT2D eigenvalue weighted by atomic mass is 10.1. The minimum Gasteiger partial charge on any atom is -0.495 e. The minimum atomic E-state index is -3.80. The number of benzene rings is 2. The molecule has 0 aliphatic heterocycles. The first-order chi connectivity index (χ1) is 13.1. The molecular formula is C20H25ClN2O4S. The van der Waals surface area contributed by atoms with E-state index >= 15 is 0 Å². The van der Waals surface area contributed by atoms with Crippen LogP contribution >= 0.6 is 11.6 Å². The van der Waals surface area contributed by atoms with Gasteiger partial charge in [0.2, 0.25) is 15.9 Å². The Kier molecular flexibility index (Phi) is 6.96. The standard InChI is InChI=1S/C20H25ClN2O4S/c1-6-15-9-7-8-13(2)19(15)22-20(24)14(3)23(28(5,25)26)17-12-16(21)10-11-18(17)27-4/h7-12,14H,6H2,1-5H3,(H,22,24)/t14-/m0/s1. The molecule has 2 aromatic rings. The molecule has 0 aromatic heterocycles. The third-order valence-corrected chi connectivity index (χ3v) is 5.92. The molecule has 0 bridgehead atoms. The predicted octanol–water partition coefficient (Wildman–Crippen LogP) is 4.01. The number of hydrogen-bond donors (Lipinski definition) is 1. The number of amides is 1. The van der Waals surface area contributed by atoms with Gasteiger partial charge in [-0.3, -0.25) is 9.10 Å². The van der Waals surface area contributed by atoms with E-state index in [0.29, 0.717) is 16.5 Å². The number of rotatable bonds is 7. The Bertz CT molecular complexity index is 976. The normalized spacial score (nSPS) is 12.4. The molecule has 0 aliphatic carbocycles. The summed E-state index contributed by atoms with van der Waals surface area (Å²) in [6.07, 6.45) is 1.78. The first-order valence-electron chi connectivity index (χ1n) is 8.82. The molecule has 0 unspecified atom stereocenters. The Morgan fingerprint density at radius 1 is 1.29 bits per heavy atom. The SMILES string of the molecule is CCc1cccc(C)c1NC(=O)[C@H](C)N(c1cc(Cl)ccc1OC)S(C)(=O)=O. The van der Waals surface area contributed by atoms with Gasteiger partial charge < -0.3 is 10.1 Å². The predicted molar refractivity (Wildman–Crippen MR) is 114 cm³/mol. The Morgan fingerprint density at radius 3 is 2.54 bits per heavy atom. The highest BCUT2D eigenvalue weighted by atomic mass is 35.5. The van der Waals surface area contributed by atoms with Crippen LogP contribution in [0, 0.1) is 6.92 Å². The topological polar surface area (TPSA) is 75.7 Å². The zero-order valence-corrected chi connectivity index (χ0v) is 18.2. The molecule has 2 aromatic carbocycles. The van der Waals surface area contributed by atoms with E-state index in [0.717, 1.165) is 28.1 Å². The summed E-state index contributed by atoms with van der Waals surface area (Å²) >= 11 is 6.06. The van der Waals surface area contributed by atoms with Crippen molar-refractivity contribution in [1.82, 2.24) is 0 Å². The molecule has 0 heterocycles. The van der Waals surface area contributed by atoms with E-state index in [2.05, 4.69) is 5.32 Å². The summed E-state index contributed by atoms with van der Waals surface area (Å²) in [5, 5.41) is 3.22. The molecule has 0 aliphatic rings. The highest BCUT2D eigenvalue weighted by molar-refractivity contribution is 7.92. The number of para-hydroxylation sites is 1. The van der Waals surface area contributed by atoms with Crippen molar-refractivity contribution < 1.29 is 17.9 Å². The molecule has 1 amide bonds. The van der Waals surface area contributed by atoms with Gasteiger partial charge in [0.25, 0.3) is 0 Å². The number of nitrogens with one attached hydrogen (secondary N) is 1. The number of anilines is 2. The molecule has 0 spiro atoms. The number of aryl methyl sites for hydroxylation is 2. The zero-order valence-electron chi connectivity index (χ0n) is 16.6. The van der Waals surface area contributed by atoms with Crippen molar-refractivity contribution in [1.29, 1.82) is 0 Å². The first kappa shape index (κ1) is 22.0. The van der Waals surface area contributed by atoms with Crippen LogP contribution < -0.4 is 14.4 Å². The largest absolute Gasteiger partial charge is 0.495 e. The highest BCUT2D eigenvalue weighted by Gasteiger charge is 2.32. The van der Waals surface area contributed by atoms with Crippen molar-refractivity contribution in [2.24, 2.45) is 0 Å². The molecule has 0 saturated carbocycles. The molecule has 0 fully saturated rings. The number of halogens is 1. The van der Waals surface area contributed by atoms with E-state index in [1.54, 1.807) is 12.1 Å². The second kappa shape index (κ2) is 8.84. The second-order valence-electron chi connectivity index (χ2n) is 6.50. The third kappa shape index (κ3) is 4.77. The van der Waals surface area contributed by atoms with Crippen LogP contribution in [0.3, 0.4) is 0 Å². The van der Waals surface area contributed by atoms with Gasteiger partial charge in [-0.15, -0.1) is 0 Å². The zero-order chi connectivity index (χ0) is 21.1. The lowest BCUT2D eigenvalue weighted by molar-refractivity contribution is -0.116. The fourth-order valence-electron chi connectivity index (χ4n) is 3.05. The van der Waals surface area contributed by atoms with Crippen molar-refractivity contribution in [3.05, 3.63) is 52.5 Å². The second-order valence-corrected chi connectivity index (χ2v) is 8.80. The van der Waals surface area contributed by atoms with E-state index in [4.69, 9.17) is 16.3 Å². The molecule has 1 atom stereocenters. The van der Waals surface area contributed by atoms with E-state index in [1.165, 1.54) is 20.1 Å². The fourth-order valence-corrected chi connectivity index (χ4v) is 4.38. The Balaban J connectivity index is 2.47. The van der Waals surface area contributed by atoms with Gasteiger partial charge in [0, 0.05) is 10.7 Å². The highest BCUT2D eigenvalue weighted by Crippen LogP contribution is 2.34. The summed E-state index contributed by atoms with van der Waals surface area (Å²) < 4.78 is 31.4. The Morgan fingerprint density at radius 2 is 1.96 bits per heavy atom. The van der Waals surface area contributed by atoms with Crippen molar-refractivity contribution in [3.8, 4) is 5.75 Å². The van der Waals surface area contributed by atoms with E-state index in [1.807, 2.05) is 32.0 Å². The Hall–Kier alpha value is -2.25. The number of ether oxygens (including phenoxy) is 1.